The first-order chi connectivity index (χ1) is 11.5. The summed E-state index contributed by atoms with van der Waals surface area (Å²) in [6.07, 6.45) is 4.53. The van der Waals surface area contributed by atoms with Crippen LogP contribution in [-0.2, 0) is 13.5 Å². The lowest BCUT2D eigenvalue weighted by Gasteiger charge is -2.00. The Morgan fingerprint density at radius 1 is 1.33 bits per heavy atom. The van der Waals surface area contributed by atoms with Gasteiger partial charge in [-0.05, 0) is 47.5 Å². The van der Waals surface area contributed by atoms with Crippen LogP contribution in [0.3, 0.4) is 0 Å². The highest BCUT2D eigenvalue weighted by molar-refractivity contribution is 5.78. The van der Waals surface area contributed by atoms with Crippen LogP contribution in [0.1, 0.15) is 24.1 Å². The van der Waals surface area contributed by atoms with Gasteiger partial charge in [0.15, 0.2) is 5.82 Å². The zero-order valence-corrected chi connectivity index (χ0v) is 13.6. The second-order valence-corrected chi connectivity index (χ2v) is 5.60. The Balaban J connectivity index is 1.90. The number of halogens is 1. The molecule has 2 aromatic heterocycles. The van der Waals surface area contributed by atoms with E-state index in [-0.39, 0.29) is 5.82 Å². The molecule has 0 atom stereocenters. The van der Waals surface area contributed by atoms with Crippen LogP contribution >= 0.6 is 0 Å². The van der Waals surface area contributed by atoms with Crippen molar-refractivity contribution in [2.24, 2.45) is 7.05 Å². The van der Waals surface area contributed by atoms with E-state index in [9.17, 15) is 4.39 Å². The van der Waals surface area contributed by atoms with Crippen molar-refractivity contribution in [2.45, 2.75) is 13.3 Å². The van der Waals surface area contributed by atoms with Crippen LogP contribution < -0.4 is 0 Å². The van der Waals surface area contributed by atoms with E-state index in [1.54, 1.807) is 19.2 Å². The summed E-state index contributed by atoms with van der Waals surface area (Å²) in [7, 11) is 1.73. The van der Waals surface area contributed by atoms with E-state index in [4.69, 9.17) is 0 Å². The lowest BCUT2D eigenvalue weighted by molar-refractivity contribution is 0.628. The molecule has 3 aromatic rings. The van der Waals surface area contributed by atoms with Gasteiger partial charge in [0, 0.05) is 23.4 Å². The van der Waals surface area contributed by atoms with E-state index in [1.807, 2.05) is 25.1 Å². The van der Waals surface area contributed by atoms with Gasteiger partial charge in [-0.3, -0.25) is 0 Å². The van der Waals surface area contributed by atoms with Gasteiger partial charge in [-0.2, -0.15) is 4.80 Å². The molecule has 3 rings (SSSR count). The number of aryl methyl sites for hydroxylation is 1. The average molecular weight is 323 g/mol. The number of hydrogen-bond donors (Lipinski definition) is 1. The van der Waals surface area contributed by atoms with Crippen molar-refractivity contribution in [3.05, 3.63) is 66.0 Å². The smallest absolute Gasteiger partial charge is 0.178 e. The van der Waals surface area contributed by atoms with Crippen LogP contribution in [0.2, 0.25) is 0 Å². The van der Waals surface area contributed by atoms with Crippen molar-refractivity contribution in [1.82, 2.24) is 25.2 Å². The maximum atomic E-state index is 13.2. The molecule has 0 saturated carbocycles. The molecule has 1 aromatic carbocycles. The quantitative estimate of drug-likeness (QED) is 0.780. The number of aromatic nitrogens is 5. The van der Waals surface area contributed by atoms with Crippen molar-refractivity contribution in [2.75, 3.05) is 0 Å². The first-order valence-electron chi connectivity index (χ1n) is 7.57. The van der Waals surface area contributed by atoms with Gasteiger partial charge in [-0.15, -0.1) is 10.2 Å². The fourth-order valence-corrected chi connectivity index (χ4v) is 2.39. The molecular formula is C18H18FN5. The number of allylic oxidation sites excluding steroid dienone is 2. The number of tetrazole rings is 1. The van der Waals surface area contributed by atoms with Gasteiger partial charge >= 0.3 is 0 Å². The Morgan fingerprint density at radius 3 is 2.71 bits per heavy atom. The lowest BCUT2D eigenvalue weighted by Crippen LogP contribution is -1.92. The van der Waals surface area contributed by atoms with E-state index < -0.39 is 0 Å². The minimum absolute atomic E-state index is 0.250. The predicted octanol–water partition coefficient (Wildman–Crippen LogP) is 3.63. The Bertz CT molecular complexity index is 887. The first kappa shape index (κ1) is 15.9. The molecule has 2 heterocycles. The number of H-pyrrole nitrogens is 1. The van der Waals surface area contributed by atoms with E-state index in [0.717, 1.165) is 28.1 Å². The van der Waals surface area contributed by atoms with Crippen molar-refractivity contribution < 1.29 is 4.39 Å². The van der Waals surface area contributed by atoms with Crippen LogP contribution in [0, 0.1) is 5.82 Å². The number of aromatic amines is 1. The topological polar surface area (TPSA) is 59.4 Å². The van der Waals surface area contributed by atoms with E-state index in [2.05, 4.69) is 27.0 Å². The second kappa shape index (κ2) is 6.62. The third-order valence-electron chi connectivity index (χ3n) is 3.60. The Morgan fingerprint density at radius 2 is 2.08 bits per heavy atom. The molecule has 0 spiro atoms. The van der Waals surface area contributed by atoms with E-state index >= 15 is 0 Å². The fourth-order valence-electron chi connectivity index (χ4n) is 2.39. The average Bonchev–Trinajstić information content (AvgIpc) is 3.15. The molecule has 0 aliphatic carbocycles. The van der Waals surface area contributed by atoms with Gasteiger partial charge < -0.3 is 4.98 Å². The summed E-state index contributed by atoms with van der Waals surface area (Å²) in [5, 5.41) is 11.9. The monoisotopic (exact) mass is 323 g/mol. The Labute approximate surface area is 139 Å². The molecule has 122 valence electrons. The summed E-state index contributed by atoms with van der Waals surface area (Å²) >= 11 is 0. The largest absolute Gasteiger partial charge is 0.355 e. The minimum atomic E-state index is -0.250. The first-order valence-corrected chi connectivity index (χ1v) is 7.57. The van der Waals surface area contributed by atoms with Crippen LogP contribution in [-0.4, -0.2) is 25.2 Å². The molecule has 1 N–H and O–H groups in total. The molecule has 0 fully saturated rings. The number of nitrogens with one attached hydrogen (secondary N) is 1. The predicted molar refractivity (Wildman–Crippen MR) is 92.4 cm³/mol. The minimum Gasteiger partial charge on any atom is -0.355 e. The summed E-state index contributed by atoms with van der Waals surface area (Å²) in [5.74, 6) is 0.406. The number of benzene rings is 1. The normalized spacial score (nSPS) is 11.3. The summed E-state index contributed by atoms with van der Waals surface area (Å²) in [6.45, 7) is 5.91. The van der Waals surface area contributed by atoms with Crippen molar-refractivity contribution in [1.29, 1.82) is 0 Å². The molecule has 5 nitrogen and oxygen atoms in total. The molecule has 0 aliphatic rings. The van der Waals surface area contributed by atoms with Crippen molar-refractivity contribution >= 4 is 11.6 Å². The standard InChI is InChI=1S/C18H18FN5/c1-12(2)17-11-15(13-7-9-14(19)10-8-13)16(20-17)5-4-6-18-21-23-24(3)22-18/h4-5,7-11,20H,1,6H2,2-3H3/b5-4+. The van der Waals surface area contributed by atoms with E-state index in [1.165, 1.54) is 16.9 Å². The molecule has 0 radical (unpaired) electrons. The molecule has 0 aliphatic heterocycles. The third kappa shape index (κ3) is 3.48. The van der Waals surface area contributed by atoms with E-state index in [0.29, 0.717) is 12.2 Å². The SMILES string of the molecule is C=C(C)c1cc(-c2ccc(F)cc2)c(/C=C/Cc2nnn(C)n2)[nH]1. The molecular weight excluding hydrogens is 305 g/mol. The highest BCUT2D eigenvalue weighted by atomic mass is 19.1. The van der Waals surface area contributed by atoms with Gasteiger partial charge in [0.1, 0.15) is 5.82 Å². The summed E-state index contributed by atoms with van der Waals surface area (Å²) < 4.78 is 13.2. The molecule has 0 saturated heterocycles. The molecule has 0 bridgehead atoms. The lowest BCUT2D eigenvalue weighted by atomic mass is 10.0. The Kier molecular flexibility index (Phi) is 4.37. The highest BCUT2D eigenvalue weighted by Gasteiger charge is 2.09. The van der Waals surface area contributed by atoms with Crippen LogP contribution in [0.25, 0.3) is 22.8 Å². The van der Waals surface area contributed by atoms with Gasteiger partial charge in [-0.25, -0.2) is 4.39 Å². The summed E-state index contributed by atoms with van der Waals surface area (Å²) in [5.41, 5.74) is 4.76. The summed E-state index contributed by atoms with van der Waals surface area (Å²) in [4.78, 5) is 4.78. The maximum absolute atomic E-state index is 13.2. The number of rotatable bonds is 5. The van der Waals surface area contributed by atoms with Crippen LogP contribution in [0.5, 0.6) is 0 Å². The zero-order valence-electron chi connectivity index (χ0n) is 13.6. The van der Waals surface area contributed by atoms with Crippen LogP contribution in [0.4, 0.5) is 4.39 Å². The summed E-state index contributed by atoms with van der Waals surface area (Å²) in [6, 6.07) is 8.47. The van der Waals surface area contributed by atoms with Crippen molar-refractivity contribution in [3.63, 3.8) is 0 Å². The highest BCUT2D eigenvalue weighted by Crippen LogP contribution is 2.28. The van der Waals surface area contributed by atoms with Gasteiger partial charge in [0.05, 0.1) is 7.05 Å². The van der Waals surface area contributed by atoms with Crippen LogP contribution in [0.15, 0.2) is 43.0 Å². The maximum Gasteiger partial charge on any atom is 0.178 e. The number of hydrogen-bond acceptors (Lipinski definition) is 3. The molecule has 24 heavy (non-hydrogen) atoms. The number of nitrogens with zero attached hydrogens (tertiary/aromatic N) is 4. The Hall–Kier alpha value is -3.02. The molecule has 6 heteroatoms. The second-order valence-electron chi connectivity index (χ2n) is 5.60. The zero-order chi connectivity index (χ0) is 17.1. The fraction of sp³-hybridized carbons (Fsp3) is 0.167. The third-order valence-corrected chi connectivity index (χ3v) is 3.60. The molecule has 0 amide bonds. The van der Waals surface area contributed by atoms with Gasteiger partial charge in [0.25, 0.3) is 0 Å². The van der Waals surface area contributed by atoms with Crippen molar-refractivity contribution in [3.8, 4) is 11.1 Å². The van der Waals surface area contributed by atoms with Gasteiger partial charge in [0.2, 0.25) is 0 Å². The molecule has 0 unspecified atom stereocenters. The van der Waals surface area contributed by atoms with Gasteiger partial charge in [-0.1, -0.05) is 24.8 Å².